The maximum Gasteiger partial charge on any atom is 0.181 e. The van der Waals surface area contributed by atoms with E-state index in [4.69, 9.17) is 11.6 Å². The topological polar surface area (TPSA) is 36.1 Å². The monoisotopic (exact) mass is 332 g/mol. The van der Waals surface area contributed by atoms with Crippen LogP contribution in [0, 0.1) is 0 Å². The number of halogens is 1. The number of nitrogens with one attached hydrogen (secondary N) is 1. The Bertz CT molecular complexity index is 808. The van der Waals surface area contributed by atoms with Crippen LogP contribution in [0.15, 0.2) is 42.6 Å². The Morgan fingerprint density at radius 2 is 2.09 bits per heavy atom. The molecule has 3 rings (SSSR count). The van der Waals surface area contributed by atoms with Gasteiger partial charge in [0.2, 0.25) is 0 Å². The van der Waals surface area contributed by atoms with Crippen LogP contribution < -0.4 is 0 Å². The summed E-state index contributed by atoms with van der Waals surface area (Å²) in [5, 5.41) is 0.979. The number of ketones is 1. The van der Waals surface area contributed by atoms with Crippen molar-refractivity contribution in [2.75, 3.05) is 7.05 Å². The van der Waals surface area contributed by atoms with Crippen LogP contribution in [0.1, 0.15) is 22.2 Å². The molecule has 1 atom stereocenters. The Kier molecular flexibility index (Phi) is 4.34. The van der Waals surface area contributed by atoms with Crippen molar-refractivity contribution in [1.82, 2.24) is 9.88 Å². The van der Waals surface area contributed by atoms with Crippen LogP contribution in [-0.2, 0) is 6.54 Å². The number of hydrogen-bond donors (Lipinski definition) is 1. The van der Waals surface area contributed by atoms with Crippen LogP contribution in [0.3, 0.4) is 0 Å². The predicted molar refractivity (Wildman–Crippen MR) is 92.9 cm³/mol. The van der Waals surface area contributed by atoms with Gasteiger partial charge in [-0.15, -0.1) is 11.3 Å². The molecule has 0 radical (unpaired) electrons. The van der Waals surface area contributed by atoms with E-state index < -0.39 is 0 Å². The number of thiophene rings is 1. The van der Waals surface area contributed by atoms with E-state index in [1.165, 1.54) is 0 Å². The van der Waals surface area contributed by atoms with Gasteiger partial charge in [-0.3, -0.25) is 9.69 Å². The summed E-state index contributed by atoms with van der Waals surface area (Å²) >= 11 is 7.51. The van der Waals surface area contributed by atoms with Gasteiger partial charge in [0, 0.05) is 34.1 Å². The smallest absolute Gasteiger partial charge is 0.181 e. The molecule has 1 N–H and O–H groups in total. The fourth-order valence-corrected chi connectivity index (χ4v) is 3.67. The van der Waals surface area contributed by atoms with Crippen LogP contribution in [0.4, 0.5) is 0 Å². The molecule has 0 spiro atoms. The molecule has 3 nitrogen and oxygen atoms in total. The predicted octanol–water partition coefficient (Wildman–Crippen LogP) is 4.59. The summed E-state index contributed by atoms with van der Waals surface area (Å²) in [5.74, 6) is 0.127. The molecule has 114 valence electrons. The third-order valence-corrected chi connectivity index (χ3v) is 5.15. The van der Waals surface area contributed by atoms with Gasteiger partial charge in [-0.2, -0.15) is 0 Å². The number of Topliss-reactive ketones (excluding diaryl/α,β-unsaturated/α-hetero) is 1. The fraction of sp³-hybridized carbons (Fsp3) is 0.235. The molecule has 2 aromatic heterocycles. The third kappa shape index (κ3) is 2.95. The number of H-pyrrole nitrogens is 1. The zero-order chi connectivity index (χ0) is 15.7. The average Bonchev–Trinajstić information content (AvgIpc) is 3.12. The van der Waals surface area contributed by atoms with E-state index in [1.54, 1.807) is 17.5 Å². The molecule has 1 aromatic carbocycles. The lowest BCUT2D eigenvalue weighted by Crippen LogP contribution is -2.35. The molecule has 5 heteroatoms. The van der Waals surface area contributed by atoms with E-state index in [-0.39, 0.29) is 11.8 Å². The Morgan fingerprint density at radius 1 is 1.32 bits per heavy atom. The van der Waals surface area contributed by atoms with Gasteiger partial charge in [0.1, 0.15) is 0 Å². The lowest BCUT2D eigenvalue weighted by atomic mass is 10.0. The van der Waals surface area contributed by atoms with Crippen molar-refractivity contribution in [3.05, 3.63) is 57.4 Å². The molecule has 0 fully saturated rings. The summed E-state index contributed by atoms with van der Waals surface area (Å²) in [6.07, 6.45) is 1.80. The first kappa shape index (κ1) is 15.3. The van der Waals surface area contributed by atoms with Crippen molar-refractivity contribution in [3.63, 3.8) is 0 Å². The molecule has 0 bridgehead atoms. The van der Waals surface area contributed by atoms with Crippen molar-refractivity contribution >= 4 is 39.6 Å². The van der Waals surface area contributed by atoms with Gasteiger partial charge in [-0.05, 0) is 32.2 Å². The molecule has 22 heavy (non-hydrogen) atoms. The van der Waals surface area contributed by atoms with Gasteiger partial charge in [0.25, 0.3) is 0 Å². The number of benzene rings is 1. The maximum absolute atomic E-state index is 12.8. The first-order valence-electron chi connectivity index (χ1n) is 7.11. The van der Waals surface area contributed by atoms with Gasteiger partial charge >= 0.3 is 0 Å². The number of aromatic nitrogens is 1. The second kappa shape index (κ2) is 6.24. The van der Waals surface area contributed by atoms with E-state index in [9.17, 15) is 4.79 Å². The Hall–Kier alpha value is -1.62. The Balaban J connectivity index is 1.79. The number of likely N-dealkylation sites (N-methyl/N-ethyl adjacent to an activating group) is 1. The van der Waals surface area contributed by atoms with Gasteiger partial charge in [-0.25, -0.2) is 0 Å². The zero-order valence-corrected chi connectivity index (χ0v) is 14.0. The first-order chi connectivity index (χ1) is 10.6. The summed E-state index contributed by atoms with van der Waals surface area (Å²) in [6.45, 7) is 2.66. The van der Waals surface area contributed by atoms with E-state index in [0.717, 1.165) is 25.7 Å². The van der Waals surface area contributed by atoms with Crippen molar-refractivity contribution in [1.29, 1.82) is 0 Å². The molecular weight excluding hydrogens is 316 g/mol. The molecule has 0 saturated carbocycles. The number of nitrogens with zero attached hydrogens (tertiary/aromatic N) is 1. The van der Waals surface area contributed by atoms with Crippen molar-refractivity contribution in [3.8, 4) is 0 Å². The molecule has 3 aromatic rings. The lowest BCUT2D eigenvalue weighted by molar-refractivity contribution is 0.0865. The van der Waals surface area contributed by atoms with Crippen LogP contribution in [0.25, 0.3) is 10.9 Å². The molecule has 0 aliphatic carbocycles. The van der Waals surface area contributed by atoms with Crippen LogP contribution >= 0.6 is 22.9 Å². The zero-order valence-electron chi connectivity index (χ0n) is 12.5. The summed E-state index contributed by atoms with van der Waals surface area (Å²) in [6, 6.07) is 11.6. The summed E-state index contributed by atoms with van der Waals surface area (Å²) in [5.41, 5.74) is 1.74. The first-order valence-corrected chi connectivity index (χ1v) is 8.30. The van der Waals surface area contributed by atoms with Crippen molar-refractivity contribution in [2.45, 2.75) is 19.5 Å². The van der Waals surface area contributed by atoms with Gasteiger partial charge in [0.05, 0.1) is 10.4 Å². The Labute approximate surface area is 138 Å². The van der Waals surface area contributed by atoms with E-state index in [0.29, 0.717) is 6.54 Å². The largest absolute Gasteiger partial charge is 0.360 e. The molecule has 0 aliphatic rings. The van der Waals surface area contributed by atoms with Gasteiger partial charge in [0.15, 0.2) is 5.78 Å². The molecular formula is C17H17ClN2OS. The quantitative estimate of drug-likeness (QED) is 0.694. The number of hydrogen-bond acceptors (Lipinski definition) is 3. The van der Waals surface area contributed by atoms with Crippen LogP contribution in [-0.4, -0.2) is 28.8 Å². The highest BCUT2D eigenvalue weighted by Gasteiger charge is 2.22. The van der Waals surface area contributed by atoms with E-state index in [1.807, 2.05) is 55.3 Å². The number of carbonyl (C=O) groups is 1. The summed E-state index contributed by atoms with van der Waals surface area (Å²) < 4.78 is 0.777. The normalized spacial score (nSPS) is 12.9. The van der Waals surface area contributed by atoms with Crippen LogP contribution in [0.5, 0.6) is 0 Å². The molecule has 0 saturated heterocycles. The highest BCUT2D eigenvalue weighted by molar-refractivity contribution is 7.16. The number of para-hydroxylation sites is 1. The molecule has 0 aliphatic heterocycles. The number of aromatic amines is 1. The minimum absolute atomic E-state index is 0.127. The minimum Gasteiger partial charge on any atom is -0.360 e. The highest BCUT2D eigenvalue weighted by Crippen LogP contribution is 2.24. The standard InChI is InChI=1S/C17H17ClN2OS/c1-11(20(2)10-12-7-8-16(18)22-12)17(21)14-9-19-15-6-4-3-5-13(14)15/h3-9,11,19H,10H2,1-2H3/t11-/m0/s1. The van der Waals surface area contributed by atoms with E-state index in [2.05, 4.69) is 4.98 Å². The lowest BCUT2D eigenvalue weighted by Gasteiger charge is -2.22. The summed E-state index contributed by atoms with van der Waals surface area (Å²) in [7, 11) is 1.96. The van der Waals surface area contributed by atoms with Gasteiger partial charge < -0.3 is 4.98 Å². The van der Waals surface area contributed by atoms with E-state index >= 15 is 0 Å². The summed E-state index contributed by atoms with van der Waals surface area (Å²) in [4.78, 5) is 19.1. The highest BCUT2D eigenvalue weighted by atomic mass is 35.5. The molecule has 0 unspecified atom stereocenters. The van der Waals surface area contributed by atoms with Crippen LogP contribution in [0.2, 0.25) is 4.34 Å². The number of carbonyl (C=O) groups excluding carboxylic acids is 1. The van der Waals surface area contributed by atoms with Crippen molar-refractivity contribution in [2.24, 2.45) is 0 Å². The minimum atomic E-state index is -0.194. The Morgan fingerprint density at radius 3 is 2.82 bits per heavy atom. The number of rotatable bonds is 5. The van der Waals surface area contributed by atoms with Crippen molar-refractivity contribution < 1.29 is 4.79 Å². The number of fused-ring (bicyclic) bond motifs is 1. The van der Waals surface area contributed by atoms with Gasteiger partial charge in [-0.1, -0.05) is 29.8 Å². The second-order valence-electron chi connectivity index (χ2n) is 5.41. The third-order valence-electron chi connectivity index (χ3n) is 3.93. The SMILES string of the molecule is C[C@@H](C(=O)c1c[nH]c2ccccc12)N(C)Cc1ccc(Cl)s1. The fourth-order valence-electron chi connectivity index (χ4n) is 2.52. The molecule has 2 heterocycles. The average molecular weight is 333 g/mol. The molecule has 0 amide bonds. The second-order valence-corrected chi connectivity index (χ2v) is 7.21. The maximum atomic E-state index is 12.8.